The molecule has 0 aromatic heterocycles. The zero-order valence-electron chi connectivity index (χ0n) is 55.9. The van der Waals surface area contributed by atoms with Crippen LogP contribution >= 0.6 is 0 Å². The summed E-state index contributed by atoms with van der Waals surface area (Å²) in [5.74, 6) is -8.11. The monoisotopic (exact) mass is 1240 g/mol. The van der Waals surface area contributed by atoms with Crippen LogP contribution in [0.15, 0.2) is 60.7 Å². The molecule has 2 saturated heterocycles. The van der Waals surface area contributed by atoms with Crippen molar-refractivity contribution in [3.8, 4) is 0 Å². The summed E-state index contributed by atoms with van der Waals surface area (Å²) >= 11 is 0. The number of piperidine rings is 1. The first-order chi connectivity index (χ1) is 41.7. The van der Waals surface area contributed by atoms with Crippen LogP contribution in [0.1, 0.15) is 132 Å². The standard InChI is InChI=1S/C66H103N11O12/c1-18-42(6)56-65(88)76(17)52(35-41(4)5)63(86)74(15)51(37-47-28-22-19-23-29-47)60(83)69-57(46(10)78)66(89)72(13)45(9)61(84)75(16)53(38-48-30-24-20-25-31-48)64(87)73(14)50(34-40(2)3)59(82)67-49(62(85)77-32-26-21-27-33-77)39-55(80)70(11)43(7)36-54(79)71(12)44(8)58(81)68-56/h19-20,22-25,28-31,40-46,49-53,56-57,78H,18,21,26-27,32-39H2,1-17H3,(H,67,82)(H,68,81)(H,69,83)/t42-,43-,44-,45-,46+,49-,50-,51-,52-,53-,56-,57-/m0/s1. The summed E-state index contributed by atoms with van der Waals surface area (Å²) in [6.07, 6.45) is 0.567. The van der Waals surface area contributed by atoms with Gasteiger partial charge in [0.15, 0.2) is 0 Å². The molecule has 23 heteroatoms. The number of aliphatic hydroxyl groups is 1. The third-order valence-corrected chi connectivity index (χ3v) is 18.0. The molecule has 0 saturated carbocycles. The van der Waals surface area contributed by atoms with E-state index in [9.17, 15) is 48.3 Å². The number of amides is 11. The van der Waals surface area contributed by atoms with Crippen molar-refractivity contribution in [2.24, 2.45) is 17.8 Å². The maximum atomic E-state index is 15.3. The van der Waals surface area contributed by atoms with Crippen LogP contribution in [-0.4, -0.2) is 238 Å². The molecule has 12 atom stereocenters. The van der Waals surface area contributed by atoms with Crippen molar-refractivity contribution in [3.63, 3.8) is 0 Å². The lowest BCUT2D eigenvalue weighted by Crippen LogP contribution is -2.63. The largest absolute Gasteiger partial charge is 0.391 e. The molecule has 2 aliphatic rings. The molecule has 11 amide bonds. The van der Waals surface area contributed by atoms with Crippen LogP contribution < -0.4 is 16.0 Å². The Morgan fingerprint density at radius 1 is 0.483 bits per heavy atom. The lowest BCUT2D eigenvalue weighted by molar-refractivity contribution is -0.153. The average molecular weight is 1240 g/mol. The Balaban J connectivity index is 1.91. The summed E-state index contributed by atoms with van der Waals surface area (Å²) in [5, 5.41) is 19.8. The van der Waals surface area contributed by atoms with Crippen LogP contribution in [0.5, 0.6) is 0 Å². The van der Waals surface area contributed by atoms with Gasteiger partial charge in [-0.25, -0.2) is 0 Å². The topological polar surface area (TPSA) is 270 Å². The number of hydrogen-bond acceptors (Lipinski definition) is 12. The highest BCUT2D eigenvalue weighted by atomic mass is 16.3. The number of rotatable bonds is 12. The summed E-state index contributed by atoms with van der Waals surface area (Å²) in [4.78, 5) is 172. The first-order valence-corrected chi connectivity index (χ1v) is 31.6. The molecule has 2 fully saturated rings. The Morgan fingerprint density at radius 3 is 1.44 bits per heavy atom. The second kappa shape index (κ2) is 34.0. The second-order valence-corrected chi connectivity index (χ2v) is 25.6. The molecule has 2 aromatic rings. The van der Waals surface area contributed by atoms with Gasteiger partial charge < -0.3 is 60.3 Å². The fraction of sp³-hybridized carbons (Fsp3) is 0.652. The summed E-state index contributed by atoms with van der Waals surface area (Å²) in [7, 11) is 9.97. The van der Waals surface area contributed by atoms with Gasteiger partial charge in [-0.15, -0.1) is 0 Å². The first kappa shape index (κ1) is 74.0. The molecule has 0 bridgehead atoms. The van der Waals surface area contributed by atoms with Crippen molar-refractivity contribution in [2.45, 2.75) is 200 Å². The molecule has 0 unspecified atom stereocenters. The van der Waals surface area contributed by atoms with E-state index < -0.39 is 144 Å². The van der Waals surface area contributed by atoms with Crippen LogP contribution in [0, 0.1) is 17.8 Å². The first-order valence-electron chi connectivity index (χ1n) is 31.6. The van der Waals surface area contributed by atoms with Crippen molar-refractivity contribution in [1.29, 1.82) is 0 Å². The van der Waals surface area contributed by atoms with Crippen LogP contribution in [0.25, 0.3) is 0 Å². The van der Waals surface area contributed by atoms with E-state index in [-0.39, 0.29) is 43.9 Å². The number of likely N-dealkylation sites (N-methyl/N-ethyl adjacent to an activating group) is 6. The third kappa shape index (κ3) is 19.8. The van der Waals surface area contributed by atoms with E-state index in [1.807, 2.05) is 34.6 Å². The van der Waals surface area contributed by atoms with E-state index in [2.05, 4.69) is 16.0 Å². The van der Waals surface area contributed by atoms with E-state index >= 15 is 9.59 Å². The van der Waals surface area contributed by atoms with Crippen LogP contribution in [0.2, 0.25) is 0 Å². The van der Waals surface area contributed by atoms with Crippen LogP contribution in [0.3, 0.4) is 0 Å². The maximum absolute atomic E-state index is 15.3. The van der Waals surface area contributed by atoms with Crippen molar-refractivity contribution < 1.29 is 57.8 Å². The predicted molar refractivity (Wildman–Crippen MR) is 339 cm³/mol. The van der Waals surface area contributed by atoms with Gasteiger partial charge in [0.05, 0.1) is 12.5 Å². The maximum Gasteiger partial charge on any atom is 0.248 e. The fourth-order valence-electron chi connectivity index (χ4n) is 11.3. The highest BCUT2D eigenvalue weighted by molar-refractivity contribution is 5.99. The number of hydrogen-bond donors (Lipinski definition) is 4. The SMILES string of the molecule is CC[C@H](C)[C@@H]1NC(=O)[C@H](C)N(C)C(=O)C[C@H](C)N(C)C(=O)C[C@@H](C(=O)N2CCCCC2)NC(=O)[C@H](CC(C)C)N(C)C(=O)[C@H](Cc2ccccc2)N(C)C(=O)[C@H](C)N(C)C(=O)[C@H]([C@@H](C)O)NC(=O)[C@H](Cc2ccccc2)N(C)C(=O)[C@H](CC(C)C)N(C)C1=O. The van der Waals surface area contributed by atoms with E-state index in [1.165, 1.54) is 99.5 Å². The van der Waals surface area contributed by atoms with E-state index in [0.29, 0.717) is 43.5 Å². The number of aliphatic hydroxyl groups excluding tert-OH is 1. The highest BCUT2D eigenvalue weighted by Crippen LogP contribution is 2.24. The molecule has 4 rings (SSSR count). The molecular formula is C66H103N11O12. The summed E-state index contributed by atoms with van der Waals surface area (Å²) in [5.41, 5.74) is 1.30. The van der Waals surface area contributed by atoms with Gasteiger partial charge in [0.1, 0.15) is 54.4 Å². The van der Waals surface area contributed by atoms with Gasteiger partial charge in [-0.3, -0.25) is 52.7 Å². The normalized spacial score (nSPS) is 26.7. The number of nitrogens with zero attached hydrogens (tertiary/aromatic N) is 8. The zero-order valence-corrected chi connectivity index (χ0v) is 55.9. The van der Waals surface area contributed by atoms with Gasteiger partial charge >= 0.3 is 0 Å². The second-order valence-electron chi connectivity index (χ2n) is 25.6. The Morgan fingerprint density at radius 2 is 0.921 bits per heavy atom. The molecular weight excluding hydrogens is 1140 g/mol. The summed E-state index contributed by atoms with van der Waals surface area (Å²) < 4.78 is 0. The molecule has 2 aliphatic heterocycles. The molecule has 0 aliphatic carbocycles. The lowest BCUT2D eigenvalue weighted by Gasteiger charge is -2.39. The quantitative estimate of drug-likeness (QED) is 0.239. The smallest absolute Gasteiger partial charge is 0.248 e. The van der Waals surface area contributed by atoms with Crippen molar-refractivity contribution in [1.82, 2.24) is 55.1 Å². The number of benzene rings is 2. The molecule has 494 valence electrons. The summed E-state index contributed by atoms with van der Waals surface area (Å²) in [6.45, 7) is 17.8. The number of likely N-dealkylation sites (tertiary alicyclic amines) is 1. The van der Waals surface area contributed by atoms with Crippen molar-refractivity contribution in [3.05, 3.63) is 71.8 Å². The minimum Gasteiger partial charge on any atom is -0.391 e. The molecule has 89 heavy (non-hydrogen) atoms. The van der Waals surface area contributed by atoms with Crippen molar-refractivity contribution >= 4 is 65.0 Å². The number of nitrogens with one attached hydrogen (secondary N) is 3. The summed E-state index contributed by atoms with van der Waals surface area (Å²) in [6, 6.07) is 5.21. The zero-order chi connectivity index (χ0) is 66.9. The predicted octanol–water partition coefficient (Wildman–Crippen LogP) is 3.10. The highest BCUT2D eigenvalue weighted by Gasteiger charge is 2.44. The van der Waals surface area contributed by atoms with Gasteiger partial charge in [0.25, 0.3) is 0 Å². The van der Waals surface area contributed by atoms with E-state index in [4.69, 9.17) is 0 Å². The molecule has 2 aromatic carbocycles. The third-order valence-electron chi connectivity index (χ3n) is 18.0. The Hall–Kier alpha value is -7.43. The van der Waals surface area contributed by atoms with Gasteiger partial charge in [-0.2, -0.15) is 0 Å². The minimum absolute atomic E-state index is 0.0338. The fourth-order valence-corrected chi connectivity index (χ4v) is 11.3. The molecule has 4 N–H and O–H groups in total. The number of carbonyl (C=O) groups is 11. The molecule has 0 spiro atoms. The number of carbonyl (C=O) groups excluding carboxylic acids is 11. The lowest BCUT2D eigenvalue weighted by atomic mass is 9.94. The van der Waals surface area contributed by atoms with Gasteiger partial charge in [-0.05, 0) is 88.7 Å². The Labute approximate surface area is 527 Å². The van der Waals surface area contributed by atoms with Crippen LogP contribution in [0.4, 0.5) is 0 Å². The van der Waals surface area contributed by atoms with Crippen LogP contribution in [-0.2, 0) is 65.6 Å². The molecule has 23 nitrogen and oxygen atoms in total. The molecule has 2 heterocycles. The van der Waals surface area contributed by atoms with Gasteiger partial charge in [0, 0.05) is 87.7 Å². The van der Waals surface area contributed by atoms with E-state index in [0.717, 1.165) is 11.3 Å². The van der Waals surface area contributed by atoms with Gasteiger partial charge in [0.2, 0.25) is 65.0 Å². The van der Waals surface area contributed by atoms with Crippen molar-refractivity contribution in [2.75, 3.05) is 62.4 Å². The Kier molecular flexibility index (Phi) is 28.2. The Bertz CT molecular complexity index is 2760. The van der Waals surface area contributed by atoms with E-state index in [1.54, 1.807) is 79.4 Å². The molecule has 0 radical (unpaired) electrons. The average Bonchev–Trinajstić information content (AvgIpc) is 3.34. The van der Waals surface area contributed by atoms with Gasteiger partial charge in [-0.1, -0.05) is 109 Å². The minimum atomic E-state index is -1.68.